The average Bonchev–Trinajstić information content (AvgIpc) is 2.98. The van der Waals surface area contributed by atoms with Crippen molar-refractivity contribution in [1.82, 2.24) is 15.4 Å². The van der Waals surface area contributed by atoms with E-state index in [1.807, 2.05) is 0 Å². The van der Waals surface area contributed by atoms with Crippen molar-refractivity contribution in [2.75, 3.05) is 25.9 Å². The Labute approximate surface area is 160 Å². The molecule has 0 aliphatic rings. The van der Waals surface area contributed by atoms with Crippen LogP contribution in [0.2, 0.25) is 0 Å². The third-order valence-corrected chi connectivity index (χ3v) is 5.70. The van der Waals surface area contributed by atoms with Crippen molar-refractivity contribution in [3.63, 3.8) is 0 Å². The molecule has 1 rings (SSSR count). The molecule has 9 heteroatoms. The van der Waals surface area contributed by atoms with Gasteiger partial charge in [-0.3, -0.25) is 4.99 Å². The van der Waals surface area contributed by atoms with E-state index < -0.39 is 10.0 Å². The number of aryl methyl sites for hydroxylation is 1. The molecule has 1 aromatic heterocycles. The van der Waals surface area contributed by atoms with Gasteiger partial charge in [0.05, 0.1) is 12.3 Å². The third kappa shape index (κ3) is 9.48. The van der Waals surface area contributed by atoms with E-state index in [9.17, 15) is 8.42 Å². The maximum Gasteiger partial charge on any atom is 0.211 e. The smallest absolute Gasteiger partial charge is 0.211 e. The summed E-state index contributed by atoms with van der Waals surface area (Å²) in [5.41, 5.74) is 0. The number of thiophene rings is 1. The molecule has 0 aliphatic carbocycles. The summed E-state index contributed by atoms with van der Waals surface area (Å²) in [4.78, 5) is 6.80. The highest BCUT2D eigenvalue weighted by Crippen LogP contribution is 2.16. The van der Waals surface area contributed by atoms with Crippen LogP contribution in [-0.4, -0.2) is 40.3 Å². The van der Waals surface area contributed by atoms with Crippen LogP contribution in [0, 0.1) is 0 Å². The summed E-state index contributed by atoms with van der Waals surface area (Å²) < 4.78 is 25.1. The summed E-state index contributed by atoms with van der Waals surface area (Å²) in [6.07, 6.45) is 1.77. The second-order valence-electron chi connectivity index (χ2n) is 4.73. The second-order valence-corrected chi connectivity index (χ2v) is 8.07. The standard InChI is InChI=1S/C14H26N4O2S2.HI/c1-4-12-7-8-13(21-12)11-17-14(15-3)16-9-6-10-18-22(19,20)5-2;/h7-8,18H,4-6,9-11H2,1-3H3,(H2,15,16,17);1H. The highest BCUT2D eigenvalue weighted by Gasteiger charge is 2.05. The third-order valence-electron chi connectivity index (χ3n) is 3.07. The van der Waals surface area contributed by atoms with Gasteiger partial charge < -0.3 is 10.6 Å². The van der Waals surface area contributed by atoms with E-state index in [2.05, 4.69) is 39.4 Å². The first-order valence-corrected chi connectivity index (χ1v) is 9.97. The fourth-order valence-corrected chi connectivity index (χ4v) is 3.28. The van der Waals surface area contributed by atoms with Crippen LogP contribution in [-0.2, 0) is 23.0 Å². The van der Waals surface area contributed by atoms with Gasteiger partial charge in [-0.1, -0.05) is 6.92 Å². The van der Waals surface area contributed by atoms with E-state index in [0.717, 1.165) is 18.9 Å². The maximum absolute atomic E-state index is 11.3. The Balaban J connectivity index is 0.00000484. The number of guanidine groups is 1. The summed E-state index contributed by atoms with van der Waals surface area (Å²) in [6.45, 7) is 5.62. The molecule has 6 nitrogen and oxygen atoms in total. The average molecular weight is 474 g/mol. The van der Waals surface area contributed by atoms with Crippen molar-refractivity contribution in [2.45, 2.75) is 33.2 Å². The molecular weight excluding hydrogens is 447 g/mol. The maximum atomic E-state index is 11.3. The Morgan fingerprint density at radius 3 is 2.43 bits per heavy atom. The minimum absolute atomic E-state index is 0. The van der Waals surface area contributed by atoms with E-state index in [4.69, 9.17) is 0 Å². The van der Waals surface area contributed by atoms with Crippen molar-refractivity contribution in [1.29, 1.82) is 0 Å². The second kappa shape index (κ2) is 12.0. The summed E-state index contributed by atoms with van der Waals surface area (Å²) >= 11 is 1.80. The summed E-state index contributed by atoms with van der Waals surface area (Å²) in [6, 6.07) is 4.28. The number of hydrogen-bond donors (Lipinski definition) is 3. The molecule has 0 fully saturated rings. The molecule has 134 valence electrons. The normalized spacial score (nSPS) is 11.9. The first-order valence-electron chi connectivity index (χ1n) is 7.50. The number of rotatable bonds is 9. The Hall–Kier alpha value is -0.390. The Morgan fingerprint density at radius 2 is 1.87 bits per heavy atom. The van der Waals surface area contributed by atoms with Crippen LogP contribution in [0.25, 0.3) is 0 Å². The lowest BCUT2D eigenvalue weighted by Gasteiger charge is -2.11. The Kier molecular flexibility index (Phi) is 11.8. The SMILES string of the molecule is CCc1ccc(CNC(=NC)NCCCNS(=O)(=O)CC)s1.I. The van der Waals surface area contributed by atoms with Gasteiger partial charge in [0.1, 0.15) is 0 Å². The first kappa shape index (κ1) is 22.6. The predicted molar refractivity (Wildman–Crippen MR) is 109 cm³/mol. The van der Waals surface area contributed by atoms with Gasteiger partial charge in [-0.2, -0.15) is 0 Å². The van der Waals surface area contributed by atoms with Crippen LogP contribution >= 0.6 is 35.3 Å². The summed E-state index contributed by atoms with van der Waals surface area (Å²) in [7, 11) is -1.37. The molecular formula is C14H27IN4O2S2. The molecule has 0 radical (unpaired) electrons. The molecule has 0 unspecified atom stereocenters. The van der Waals surface area contributed by atoms with Crippen LogP contribution in [0.3, 0.4) is 0 Å². The van der Waals surface area contributed by atoms with Gasteiger partial charge in [0, 0.05) is 29.9 Å². The molecule has 0 spiro atoms. The predicted octanol–water partition coefficient (Wildman–Crippen LogP) is 1.92. The van der Waals surface area contributed by atoms with Crippen molar-refractivity contribution in [2.24, 2.45) is 4.99 Å². The molecule has 1 heterocycles. The number of halogens is 1. The number of nitrogens with one attached hydrogen (secondary N) is 3. The van der Waals surface area contributed by atoms with Crippen molar-refractivity contribution < 1.29 is 8.42 Å². The van der Waals surface area contributed by atoms with Gasteiger partial charge in [-0.05, 0) is 31.9 Å². The zero-order valence-electron chi connectivity index (χ0n) is 13.9. The van der Waals surface area contributed by atoms with Gasteiger partial charge in [0.2, 0.25) is 10.0 Å². The van der Waals surface area contributed by atoms with Gasteiger partial charge in [0.15, 0.2) is 5.96 Å². The highest BCUT2D eigenvalue weighted by molar-refractivity contribution is 14.0. The molecule has 0 bridgehead atoms. The highest BCUT2D eigenvalue weighted by atomic mass is 127. The Morgan fingerprint density at radius 1 is 1.17 bits per heavy atom. The van der Waals surface area contributed by atoms with Gasteiger partial charge >= 0.3 is 0 Å². The molecule has 0 aliphatic heterocycles. The number of hydrogen-bond acceptors (Lipinski definition) is 4. The van der Waals surface area contributed by atoms with Crippen LogP contribution in [0.4, 0.5) is 0 Å². The van der Waals surface area contributed by atoms with E-state index in [1.165, 1.54) is 9.75 Å². The summed E-state index contributed by atoms with van der Waals surface area (Å²) in [5.74, 6) is 0.842. The molecule has 0 atom stereocenters. The number of aliphatic imine (C=N–C) groups is 1. The fourth-order valence-electron chi connectivity index (χ4n) is 1.72. The van der Waals surface area contributed by atoms with Crippen molar-refractivity contribution >= 4 is 51.3 Å². The molecule has 3 N–H and O–H groups in total. The monoisotopic (exact) mass is 474 g/mol. The van der Waals surface area contributed by atoms with E-state index in [0.29, 0.717) is 19.5 Å². The van der Waals surface area contributed by atoms with Crippen molar-refractivity contribution in [3.05, 3.63) is 21.9 Å². The van der Waals surface area contributed by atoms with Crippen LogP contribution in [0.5, 0.6) is 0 Å². The minimum atomic E-state index is -3.09. The lowest BCUT2D eigenvalue weighted by atomic mass is 10.3. The molecule has 1 aromatic rings. The Bertz CT molecular complexity index is 573. The first-order chi connectivity index (χ1) is 10.5. The molecule has 0 amide bonds. The lowest BCUT2D eigenvalue weighted by molar-refractivity contribution is 0.579. The largest absolute Gasteiger partial charge is 0.356 e. The van der Waals surface area contributed by atoms with Gasteiger partial charge in [0.25, 0.3) is 0 Å². The number of nitrogens with zero attached hydrogens (tertiary/aromatic N) is 1. The lowest BCUT2D eigenvalue weighted by Crippen LogP contribution is -2.38. The van der Waals surface area contributed by atoms with E-state index in [-0.39, 0.29) is 29.7 Å². The quantitative estimate of drug-likeness (QED) is 0.221. The van der Waals surface area contributed by atoms with Crippen LogP contribution in [0.15, 0.2) is 17.1 Å². The molecule has 0 saturated carbocycles. The fraction of sp³-hybridized carbons (Fsp3) is 0.643. The minimum Gasteiger partial charge on any atom is -0.356 e. The van der Waals surface area contributed by atoms with Crippen molar-refractivity contribution in [3.8, 4) is 0 Å². The zero-order valence-corrected chi connectivity index (χ0v) is 17.8. The summed E-state index contributed by atoms with van der Waals surface area (Å²) in [5, 5.41) is 6.43. The molecule has 0 aromatic carbocycles. The molecule has 23 heavy (non-hydrogen) atoms. The van der Waals surface area contributed by atoms with Gasteiger partial charge in [-0.25, -0.2) is 13.1 Å². The molecule has 0 saturated heterocycles. The van der Waals surface area contributed by atoms with Crippen LogP contribution < -0.4 is 15.4 Å². The number of sulfonamides is 1. The topological polar surface area (TPSA) is 82.6 Å². The van der Waals surface area contributed by atoms with E-state index >= 15 is 0 Å². The zero-order chi connectivity index (χ0) is 16.4. The van der Waals surface area contributed by atoms with Gasteiger partial charge in [-0.15, -0.1) is 35.3 Å². The van der Waals surface area contributed by atoms with E-state index in [1.54, 1.807) is 25.3 Å². The van der Waals surface area contributed by atoms with Crippen LogP contribution in [0.1, 0.15) is 30.0 Å².